The minimum Gasteiger partial charge on any atom is -0.444 e. The number of carbonyl (C=O) groups is 2. The molecule has 7 nitrogen and oxygen atoms in total. The molecular formula is C25H34N4O3S. The highest BCUT2D eigenvalue weighted by atomic mass is 32.2. The Balaban J connectivity index is 1.79. The zero-order chi connectivity index (χ0) is 23.8. The van der Waals surface area contributed by atoms with Gasteiger partial charge in [-0.2, -0.15) is 0 Å². The normalized spacial score (nSPS) is 14.2. The standard InChI is InChI=1S/C25H34N4O3S/c1-5-26-33-29-16-10-13-19-20(14-9-15-22(19)29)27-23(30)21(17-18-11-7-6-8-12-18)28-24(31)32-25(2,3)4/h6-9,11-12,14-15,21,26H,5,10,13,16-17H2,1-4H3,(H,27,30)(H,28,31). The van der Waals surface area contributed by atoms with Gasteiger partial charge in [0, 0.05) is 37.3 Å². The van der Waals surface area contributed by atoms with Gasteiger partial charge in [0.25, 0.3) is 0 Å². The van der Waals surface area contributed by atoms with Crippen LogP contribution in [0.2, 0.25) is 0 Å². The molecule has 8 heteroatoms. The molecule has 1 atom stereocenters. The van der Waals surface area contributed by atoms with Crippen molar-refractivity contribution in [1.82, 2.24) is 10.0 Å². The van der Waals surface area contributed by atoms with E-state index in [-0.39, 0.29) is 5.91 Å². The van der Waals surface area contributed by atoms with Gasteiger partial charge < -0.3 is 19.7 Å². The Bertz CT molecular complexity index is 946. The molecule has 2 amide bonds. The number of fused-ring (bicyclic) bond motifs is 1. The minimum absolute atomic E-state index is 0.269. The lowest BCUT2D eigenvalue weighted by Gasteiger charge is -2.31. The van der Waals surface area contributed by atoms with Crippen molar-refractivity contribution < 1.29 is 14.3 Å². The molecule has 0 bridgehead atoms. The number of nitrogens with one attached hydrogen (secondary N) is 3. The largest absolute Gasteiger partial charge is 0.444 e. The number of nitrogens with zero attached hydrogens (tertiary/aromatic N) is 1. The van der Waals surface area contributed by atoms with Crippen LogP contribution in [0.1, 0.15) is 45.2 Å². The van der Waals surface area contributed by atoms with Crippen molar-refractivity contribution in [2.24, 2.45) is 0 Å². The maximum absolute atomic E-state index is 13.3. The van der Waals surface area contributed by atoms with E-state index in [1.807, 2.05) is 42.5 Å². The second-order valence-corrected chi connectivity index (χ2v) is 9.89. The first-order valence-corrected chi connectivity index (χ1v) is 12.2. The Hall–Kier alpha value is -2.71. The van der Waals surface area contributed by atoms with Gasteiger partial charge in [-0.3, -0.25) is 4.79 Å². The Morgan fingerprint density at radius 2 is 1.88 bits per heavy atom. The Morgan fingerprint density at radius 1 is 1.12 bits per heavy atom. The third-order valence-electron chi connectivity index (χ3n) is 5.08. The predicted octanol–water partition coefficient (Wildman–Crippen LogP) is 4.69. The van der Waals surface area contributed by atoms with E-state index in [2.05, 4.69) is 32.7 Å². The summed E-state index contributed by atoms with van der Waals surface area (Å²) >= 11 is 1.59. The molecule has 0 spiro atoms. The first-order chi connectivity index (χ1) is 15.8. The van der Waals surface area contributed by atoms with Gasteiger partial charge in [-0.1, -0.05) is 43.3 Å². The van der Waals surface area contributed by atoms with Crippen molar-refractivity contribution in [3.63, 3.8) is 0 Å². The molecule has 0 aromatic heterocycles. The number of anilines is 2. The predicted molar refractivity (Wildman–Crippen MR) is 135 cm³/mol. The number of amides is 2. The summed E-state index contributed by atoms with van der Waals surface area (Å²) in [6.07, 6.45) is 1.64. The number of rotatable bonds is 8. The van der Waals surface area contributed by atoms with Gasteiger partial charge in [0.2, 0.25) is 5.91 Å². The van der Waals surface area contributed by atoms with Crippen LogP contribution in [0, 0.1) is 0 Å². The van der Waals surface area contributed by atoms with Gasteiger partial charge in [0.1, 0.15) is 11.6 Å². The van der Waals surface area contributed by atoms with Crippen molar-refractivity contribution in [3.8, 4) is 0 Å². The first kappa shape index (κ1) is 24.9. The fraction of sp³-hybridized carbons (Fsp3) is 0.440. The third kappa shape index (κ3) is 7.40. The summed E-state index contributed by atoms with van der Waals surface area (Å²) in [6, 6.07) is 14.8. The van der Waals surface area contributed by atoms with Gasteiger partial charge in [-0.15, -0.1) is 0 Å². The highest BCUT2D eigenvalue weighted by Crippen LogP contribution is 2.35. The molecule has 2 aromatic rings. The van der Waals surface area contributed by atoms with Crippen LogP contribution in [0.3, 0.4) is 0 Å². The van der Waals surface area contributed by atoms with Crippen LogP contribution in [-0.2, 0) is 22.4 Å². The molecule has 3 rings (SSSR count). The molecule has 0 saturated heterocycles. The Labute approximate surface area is 200 Å². The highest BCUT2D eigenvalue weighted by Gasteiger charge is 2.27. The average Bonchev–Trinajstić information content (AvgIpc) is 2.77. The van der Waals surface area contributed by atoms with E-state index in [4.69, 9.17) is 4.74 Å². The number of carbonyl (C=O) groups excluding carboxylic acids is 2. The fourth-order valence-electron chi connectivity index (χ4n) is 3.67. The molecule has 1 heterocycles. The smallest absolute Gasteiger partial charge is 0.408 e. The second-order valence-electron chi connectivity index (χ2n) is 8.98. The van der Waals surface area contributed by atoms with Crippen molar-refractivity contribution in [1.29, 1.82) is 0 Å². The van der Waals surface area contributed by atoms with Crippen molar-refractivity contribution in [2.45, 2.75) is 58.6 Å². The summed E-state index contributed by atoms with van der Waals surface area (Å²) in [4.78, 5) is 25.8. The minimum atomic E-state index is -0.770. The summed E-state index contributed by atoms with van der Waals surface area (Å²) < 4.78 is 10.9. The topological polar surface area (TPSA) is 82.7 Å². The number of hydrogen-bond donors (Lipinski definition) is 3. The van der Waals surface area contributed by atoms with Gasteiger partial charge in [-0.25, -0.2) is 9.52 Å². The molecule has 1 unspecified atom stereocenters. The van der Waals surface area contributed by atoms with E-state index in [1.54, 1.807) is 32.9 Å². The number of benzene rings is 2. The molecule has 0 radical (unpaired) electrons. The van der Waals surface area contributed by atoms with E-state index in [0.29, 0.717) is 6.42 Å². The lowest BCUT2D eigenvalue weighted by atomic mass is 10.0. The number of ether oxygens (including phenoxy) is 1. The zero-order valence-electron chi connectivity index (χ0n) is 19.8. The summed E-state index contributed by atoms with van der Waals surface area (Å²) in [5, 5.41) is 5.83. The molecule has 3 N–H and O–H groups in total. The molecule has 1 aliphatic heterocycles. The maximum Gasteiger partial charge on any atom is 0.408 e. The quantitative estimate of drug-likeness (QED) is 0.486. The average molecular weight is 471 g/mol. The van der Waals surface area contributed by atoms with Crippen molar-refractivity contribution in [3.05, 3.63) is 59.7 Å². The Morgan fingerprint density at radius 3 is 2.58 bits per heavy atom. The van der Waals surface area contributed by atoms with E-state index in [1.165, 1.54) is 0 Å². The summed E-state index contributed by atoms with van der Waals surface area (Å²) in [5.41, 5.74) is 3.30. The second kappa shape index (κ2) is 11.4. The molecule has 178 valence electrons. The van der Waals surface area contributed by atoms with Gasteiger partial charge >= 0.3 is 6.09 Å². The van der Waals surface area contributed by atoms with Crippen LogP contribution >= 0.6 is 12.1 Å². The molecule has 33 heavy (non-hydrogen) atoms. The fourth-order valence-corrected chi connectivity index (χ4v) is 4.45. The number of alkyl carbamates (subject to hydrolysis) is 1. The molecule has 0 aliphatic carbocycles. The SMILES string of the molecule is CCNSN1CCCc2c(NC(=O)C(Cc3ccccc3)NC(=O)OC(C)(C)C)cccc21. The highest BCUT2D eigenvalue weighted by molar-refractivity contribution is 7.98. The molecular weight excluding hydrogens is 436 g/mol. The van der Waals surface area contributed by atoms with Crippen molar-refractivity contribution in [2.75, 3.05) is 22.7 Å². The Kier molecular flexibility index (Phi) is 8.63. The molecule has 2 aromatic carbocycles. The summed E-state index contributed by atoms with van der Waals surface area (Å²) in [7, 11) is 0. The summed E-state index contributed by atoms with van der Waals surface area (Å²) in [5.74, 6) is -0.269. The zero-order valence-corrected chi connectivity index (χ0v) is 20.6. The van der Waals surface area contributed by atoms with E-state index in [9.17, 15) is 9.59 Å². The lowest BCUT2D eigenvalue weighted by molar-refractivity contribution is -0.118. The van der Waals surface area contributed by atoms with E-state index >= 15 is 0 Å². The molecule has 0 fully saturated rings. The van der Waals surface area contributed by atoms with Crippen LogP contribution < -0.4 is 19.7 Å². The van der Waals surface area contributed by atoms with Gasteiger partial charge in [0.15, 0.2) is 0 Å². The van der Waals surface area contributed by atoms with Crippen LogP contribution in [0.4, 0.5) is 16.2 Å². The van der Waals surface area contributed by atoms with Crippen LogP contribution in [-0.4, -0.2) is 36.7 Å². The third-order valence-corrected chi connectivity index (χ3v) is 6.09. The monoisotopic (exact) mass is 470 g/mol. The van der Waals surface area contributed by atoms with E-state index < -0.39 is 17.7 Å². The molecule has 1 aliphatic rings. The lowest BCUT2D eigenvalue weighted by Crippen LogP contribution is -2.47. The van der Waals surface area contributed by atoms with Crippen LogP contribution in [0.5, 0.6) is 0 Å². The molecule has 0 saturated carbocycles. The number of hydrogen-bond acceptors (Lipinski definition) is 6. The maximum atomic E-state index is 13.3. The van der Waals surface area contributed by atoms with E-state index in [0.717, 1.165) is 48.4 Å². The summed E-state index contributed by atoms with van der Waals surface area (Å²) in [6.45, 7) is 9.27. The van der Waals surface area contributed by atoms with Gasteiger partial charge in [-0.05, 0) is 56.9 Å². The first-order valence-electron chi connectivity index (χ1n) is 11.4. The van der Waals surface area contributed by atoms with Crippen molar-refractivity contribution >= 4 is 35.5 Å². The van der Waals surface area contributed by atoms with Crippen LogP contribution in [0.15, 0.2) is 48.5 Å². The van der Waals surface area contributed by atoms with Crippen LogP contribution in [0.25, 0.3) is 0 Å². The van der Waals surface area contributed by atoms with Gasteiger partial charge in [0.05, 0.1) is 5.69 Å².